The van der Waals surface area contributed by atoms with E-state index in [1.54, 1.807) is 19.4 Å². The molecule has 0 bridgehead atoms. The fraction of sp³-hybridized carbons (Fsp3) is 0.471. The highest BCUT2D eigenvalue weighted by molar-refractivity contribution is 5.85. The molecule has 0 saturated carbocycles. The van der Waals surface area contributed by atoms with Crippen molar-refractivity contribution in [2.45, 2.75) is 6.42 Å². The molecule has 6 nitrogen and oxygen atoms in total. The second kappa shape index (κ2) is 10.5. The largest absolute Gasteiger partial charge is 0.493 e. The molecule has 2 heterocycles. The third-order valence-corrected chi connectivity index (χ3v) is 4.02. The third-order valence-electron chi connectivity index (χ3n) is 4.02. The first-order valence-corrected chi connectivity index (χ1v) is 7.90. The summed E-state index contributed by atoms with van der Waals surface area (Å²) < 4.78 is 16.6. The Balaban J connectivity index is 0.00000156. The number of halogens is 2. The summed E-state index contributed by atoms with van der Waals surface area (Å²) in [6.07, 6.45) is 2.58. The Labute approximate surface area is 159 Å². The molecule has 0 radical (unpaired) electrons. The van der Waals surface area contributed by atoms with Crippen LogP contribution in [0.15, 0.2) is 29.2 Å². The summed E-state index contributed by atoms with van der Waals surface area (Å²) in [7, 11) is 1.58. The summed E-state index contributed by atoms with van der Waals surface area (Å²) in [6, 6.07) is 5.06. The molecule has 1 N–H and O–H groups in total. The highest BCUT2D eigenvalue weighted by Gasteiger charge is 2.11. The lowest BCUT2D eigenvalue weighted by Gasteiger charge is -2.26. The highest BCUT2D eigenvalue weighted by Crippen LogP contribution is 2.30. The second-order valence-corrected chi connectivity index (χ2v) is 5.55. The molecule has 3 rings (SSSR count). The van der Waals surface area contributed by atoms with Gasteiger partial charge in [0.05, 0.1) is 32.4 Å². The van der Waals surface area contributed by atoms with Gasteiger partial charge in [-0.15, -0.1) is 24.8 Å². The van der Waals surface area contributed by atoms with Crippen LogP contribution in [0.5, 0.6) is 11.5 Å². The van der Waals surface area contributed by atoms with Crippen molar-refractivity contribution in [1.29, 1.82) is 0 Å². The molecule has 2 aromatic rings. The maximum Gasteiger partial charge on any atom is 0.189 e. The number of benzene rings is 1. The minimum Gasteiger partial charge on any atom is -0.493 e. The summed E-state index contributed by atoms with van der Waals surface area (Å²) in [5.41, 5.74) is 0.720. The van der Waals surface area contributed by atoms with Crippen LogP contribution in [0.3, 0.4) is 0 Å². The van der Waals surface area contributed by atoms with Crippen LogP contribution >= 0.6 is 24.8 Å². The smallest absolute Gasteiger partial charge is 0.189 e. The summed E-state index contributed by atoms with van der Waals surface area (Å²) in [5.74, 6) is 1.24. The van der Waals surface area contributed by atoms with Crippen LogP contribution in [-0.2, 0) is 4.74 Å². The van der Waals surface area contributed by atoms with Gasteiger partial charge in [0.1, 0.15) is 0 Å². The van der Waals surface area contributed by atoms with E-state index in [9.17, 15) is 4.79 Å². The molecule has 1 fully saturated rings. The van der Waals surface area contributed by atoms with E-state index in [0.717, 1.165) is 44.8 Å². The Morgan fingerprint density at radius 3 is 2.68 bits per heavy atom. The molecule has 8 heteroatoms. The molecular formula is C17H24Cl2N2O4. The summed E-state index contributed by atoms with van der Waals surface area (Å²) >= 11 is 0. The van der Waals surface area contributed by atoms with Crippen molar-refractivity contribution in [3.05, 3.63) is 34.6 Å². The molecule has 0 atom stereocenters. The summed E-state index contributed by atoms with van der Waals surface area (Å²) in [4.78, 5) is 17.3. The standard InChI is InChI=1S/C17H22N2O4.2ClH/c1-21-16-11-13-14(18-4-3-15(13)20)12-17(16)23-8-2-5-19-6-9-22-10-7-19;;/h3-4,11-12H,2,5-10H2,1H3,(H,18,20);2*1H. The number of rotatable bonds is 6. The number of morpholine rings is 1. The average molecular weight is 391 g/mol. The maximum absolute atomic E-state index is 11.9. The Bertz CT molecular complexity index is 717. The van der Waals surface area contributed by atoms with Crippen LogP contribution in [0, 0.1) is 0 Å². The molecule has 0 spiro atoms. The summed E-state index contributed by atoms with van der Waals surface area (Å²) in [5, 5.41) is 0.602. The molecule has 1 aliphatic heterocycles. The zero-order chi connectivity index (χ0) is 16.1. The fourth-order valence-corrected chi connectivity index (χ4v) is 2.75. The van der Waals surface area contributed by atoms with Crippen molar-refractivity contribution in [1.82, 2.24) is 9.88 Å². The van der Waals surface area contributed by atoms with Crippen molar-refractivity contribution in [3.8, 4) is 11.5 Å². The molecule has 0 unspecified atom stereocenters. The number of aromatic nitrogens is 1. The average Bonchev–Trinajstić information content (AvgIpc) is 2.59. The van der Waals surface area contributed by atoms with Gasteiger partial charge >= 0.3 is 0 Å². The quantitative estimate of drug-likeness (QED) is 0.767. The predicted octanol–water partition coefficient (Wildman–Crippen LogP) is 2.48. The number of H-pyrrole nitrogens is 1. The molecule has 0 amide bonds. The number of pyridine rings is 1. The number of hydrogen-bond donors (Lipinski definition) is 1. The third kappa shape index (κ3) is 5.51. The Morgan fingerprint density at radius 2 is 1.96 bits per heavy atom. The van der Waals surface area contributed by atoms with Gasteiger partial charge in [0.15, 0.2) is 16.9 Å². The number of ether oxygens (including phenoxy) is 3. The van der Waals surface area contributed by atoms with Crippen LogP contribution in [0.2, 0.25) is 0 Å². The number of hydrogen-bond acceptors (Lipinski definition) is 5. The molecule has 1 saturated heterocycles. The first-order chi connectivity index (χ1) is 11.3. The van der Waals surface area contributed by atoms with Crippen LogP contribution in [0.4, 0.5) is 0 Å². The van der Waals surface area contributed by atoms with Gasteiger partial charge in [0.25, 0.3) is 0 Å². The zero-order valence-electron chi connectivity index (χ0n) is 14.2. The van der Waals surface area contributed by atoms with Crippen molar-refractivity contribution in [2.24, 2.45) is 0 Å². The maximum atomic E-state index is 11.9. The van der Waals surface area contributed by atoms with Crippen LogP contribution in [0.1, 0.15) is 6.42 Å². The van der Waals surface area contributed by atoms with Gasteiger partial charge in [0.2, 0.25) is 0 Å². The van der Waals surface area contributed by atoms with Gasteiger partial charge in [-0.1, -0.05) is 0 Å². The molecular weight excluding hydrogens is 367 g/mol. The molecule has 140 valence electrons. The lowest BCUT2D eigenvalue weighted by Crippen LogP contribution is -2.37. The van der Waals surface area contributed by atoms with Gasteiger partial charge in [-0.05, 0) is 12.5 Å². The highest BCUT2D eigenvalue weighted by atomic mass is 35.5. The predicted molar refractivity (Wildman–Crippen MR) is 103 cm³/mol. The number of methoxy groups -OCH3 is 1. The van der Waals surface area contributed by atoms with Crippen LogP contribution in [-0.4, -0.2) is 56.4 Å². The monoisotopic (exact) mass is 390 g/mol. The fourth-order valence-electron chi connectivity index (χ4n) is 2.75. The van der Waals surface area contributed by atoms with Gasteiger partial charge in [0, 0.05) is 43.4 Å². The van der Waals surface area contributed by atoms with E-state index >= 15 is 0 Å². The Morgan fingerprint density at radius 1 is 1.20 bits per heavy atom. The van der Waals surface area contributed by atoms with Gasteiger partial charge in [-0.2, -0.15) is 0 Å². The zero-order valence-corrected chi connectivity index (χ0v) is 15.8. The van der Waals surface area contributed by atoms with E-state index in [1.165, 1.54) is 6.07 Å². The van der Waals surface area contributed by atoms with Crippen molar-refractivity contribution >= 4 is 35.7 Å². The van der Waals surface area contributed by atoms with E-state index in [0.29, 0.717) is 23.5 Å². The minimum atomic E-state index is -0.0316. The molecule has 1 aromatic heterocycles. The van der Waals surface area contributed by atoms with Crippen LogP contribution < -0.4 is 14.9 Å². The van der Waals surface area contributed by atoms with Crippen molar-refractivity contribution in [3.63, 3.8) is 0 Å². The van der Waals surface area contributed by atoms with Crippen LogP contribution in [0.25, 0.3) is 10.9 Å². The molecule has 0 aliphatic carbocycles. The Kier molecular flexibility index (Phi) is 9.06. The van der Waals surface area contributed by atoms with E-state index in [1.807, 2.05) is 6.07 Å². The lowest BCUT2D eigenvalue weighted by atomic mass is 10.2. The van der Waals surface area contributed by atoms with Gasteiger partial charge in [-0.3, -0.25) is 9.69 Å². The number of aromatic amines is 1. The molecule has 25 heavy (non-hydrogen) atoms. The number of fused-ring (bicyclic) bond motifs is 1. The van der Waals surface area contributed by atoms with Gasteiger partial charge in [-0.25, -0.2) is 0 Å². The first kappa shape index (κ1) is 21.6. The van der Waals surface area contributed by atoms with E-state index in [2.05, 4.69) is 9.88 Å². The summed E-state index contributed by atoms with van der Waals surface area (Å²) in [6.45, 7) is 5.20. The second-order valence-electron chi connectivity index (χ2n) is 5.55. The van der Waals surface area contributed by atoms with Crippen molar-refractivity contribution < 1.29 is 14.2 Å². The molecule has 1 aliphatic rings. The molecule has 1 aromatic carbocycles. The minimum absolute atomic E-state index is 0. The van der Waals surface area contributed by atoms with E-state index in [-0.39, 0.29) is 30.2 Å². The SMILES string of the molecule is COc1cc2c(=O)cc[nH]c2cc1OCCCN1CCOCC1.Cl.Cl. The first-order valence-electron chi connectivity index (χ1n) is 7.90. The van der Waals surface area contributed by atoms with Gasteiger partial charge < -0.3 is 19.2 Å². The van der Waals surface area contributed by atoms with Crippen molar-refractivity contribution in [2.75, 3.05) is 46.6 Å². The number of nitrogens with zero attached hydrogens (tertiary/aromatic N) is 1. The van der Waals surface area contributed by atoms with E-state index < -0.39 is 0 Å². The normalized spacial score (nSPS) is 14.4. The Hall–Kier alpha value is -1.47. The van der Waals surface area contributed by atoms with E-state index in [4.69, 9.17) is 14.2 Å². The number of nitrogens with one attached hydrogen (secondary N) is 1. The lowest BCUT2D eigenvalue weighted by molar-refractivity contribution is 0.0357. The topological polar surface area (TPSA) is 63.8 Å².